The van der Waals surface area contributed by atoms with Gasteiger partial charge < -0.3 is 10.2 Å². The highest BCUT2D eigenvalue weighted by molar-refractivity contribution is 7.14. The van der Waals surface area contributed by atoms with Crippen LogP contribution in [0.1, 0.15) is 5.56 Å². The zero-order chi connectivity index (χ0) is 12.0. The number of halogens is 1. The standard InChI is InChI=1S/C12H9ClN2OS/c1-6-5-17-11(9(6)14)12-15-8-4-2-3-7(13)10(8)16-12/h2-5H,14H2,1H3. The summed E-state index contributed by atoms with van der Waals surface area (Å²) >= 11 is 7.57. The molecule has 2 aromatic heterocycles. The molecule has 86 valence electrons. The molecule has 0 radical (unpaired) electrons. The zero-order valence-electron chi connectivity index (χ0n) is 9.03. The normalized spacial score (nSPS) is 11.2. The van der Waals surface area contributed by atoms with E-state index in [-0.39, 0.29) is 0 Å². The molecule has 0 fully saturated rings. The quantitative estimate of drug-likeness (QED) is 0.720. The van der Waals surface area contributed by atoms with E-state index in [4.69, 9.17) is 21.8 Å². The van der Waals surface area contributed by atoms with Crippen LogP contribution in [0.5, 0.6) is 0 Å². The minimum Gasteiger partial charge on any atom is -0.434 e. The number of para-hydroxylation sites is 1. The molecular formula is C12H9ClN2OS. The second-order valence-corrected chi connectivity index (χ2v) is 5.06. The van der Waals surface area contributed by atoms with E-state index in [0.717, 1.165) is 21.6 Å². The summed E-state index contributed by atoms with van der Waals surface area (Å²) in [6, 6.07) is 5.49. The highest BCUT2D eigenvalue weighted by Crippen LogP contribution is 2.36. The smallest absolute Gasteiger partial charge is 0.239 e. The molecule has 0 bridgehead atoms. The van der Waals surface area contributed by atoms with Crippen LogP contribution in [0.2, 0.25) is 5.02 Å². The third-order valence-electron chi connectivity index (χ3n) is 2.58. The maximum absolute atomic E-state index is 6.04. The van der Waals surface area contributed by atoms with E-state index in [1.165, 1.54) is 11.3 Å². The Morgan fingerprint density at radius 2 is 2.24 bits per heavy atom. The highest BCUT2D eigenvalue weighted by Gasteiger charge is 2.15. The van der Waals surface area contributed by atoms with Gasteiger partial charge in [-0.15, -0.1) is 11.3 Å². The SMILES string of the molecule is Cc1csc(-c2nc3cccc(Cl)c3o2)c1N. The Kier molecular flexibility index (Phi) is 2.34. The van der Waals surface area contributed by atoms with Gasteiger partial charge in [0, 0.05) is 0 Å². The summed E-state index contributed by atoms with van der Waals surface area (Å²) in [5.41, 5.74) is 9.09. The number of hydrogen-bond donors (Lipinski definition) is 1. The van der Waals surface area contributed by atoms with Crippen molar-refractivity contribution in [3.63, 3.8) is 0 Å². The predicted molar refractivity (Wildman–Crippen MR) is 71.5 cm³/mol. The molecule has 0 spiro atoms. The molecule has 3 aromatic rings. The maximum Gasteiger partial charge on any atom is 0.239 e. The van der Waals surface area contributed by atoms with Crippen LogP contribution in [0.15, 0.2) is 28.0 Å². The Hall–Kier alpha value is -1.52. The molecule has 0 unspecified atom stereocenters. The Balaban J connectivity index is 2.25. The van der Waals surface area contributed by atoms with Crippen molar-refractivity contribution in [3.8, 4) is 10.8 Å². The fourth-order valence-electron chi connectivity index (χ4n) is 1.63. The van der Waals surface area contributed by atoms with Gasteiger partial charge in [0.2, 0.25) is 5.89 Å². The molecule has 0 atom stereocenters. The molecule has 0 aliphatic carbocycles. The summed E-state index contributed by atoms with van der Waals surface area (Å²) in [5, 5.41) is 2.55. The Morgan fingerprint density at radius 3 is 2.88 bits per heavy atom. The number of thiophene rings is 1. The first kappa shape index (κ1) is 10.6. The molecule has 1 aromatic carbocycles. The predicted octanol–water partition coefficient (Wildman–Crippen LogP) is 4.10. The van der Waals surface area contributed by atoms with Gasteiger partial charge in [-0.3, -0.25) is 0 Å². The average Bonchev–Trinajstić information content (AvgIpc) is 2.85. The number of benzene rings is 1. The number of aromatic nitrogens is 1. The highest BCUT2D eigenvalue weighted by atomic mass is 35.5. The van der Waals surface area contributed by atoms with E-state index < -0.39 is 0 Å². The van der Waals surface area contributed by atoms with Crippen molar-refractivity contribution in [2.75, 3.05) is 5.73 Å². The summed E-state index contributed by atoms with van der Waals surface area (Å²) in [4.78, 5) is 5.25. The third kappa shape index (κ3) is 1.61. The largest absolute Gasteiger partial charge is 0.434 e. The summed E-state index contributed by atoms with van der Waals surface area (Å²) < 4.78 is 5.67. The van der Waals surface area contributed by atoms with Crippen LogP contribution in [-0.4, -0.2) is 4.98 Å². The lowest BCUT2D eigenvalue weighted by Crippen LogP contribution is -1.86. The first-order chi connectivity index (χ1) is 8.16. The summed E-state index contributed by atoms with van der Waals surface area (Å²) in [6.45, 7) is 1.96. The fraction of sp³-hybridized carbons (Fsp3) is 0.0833. The molecule has 0 aliphatic rings. The number of fused-ring (bicyclic) bond motifs is 1. The minimum atomic E-state index is 0.531. The van der Waals surface area contributed by atoms with Gasteiger partial charge in [0.1, 0.15) is 10.4 Å². The number of oxazole rings is 1. The molecule has 0 saturated heterocycles. The van der Waals surface area contributed by atoms with Gasteiger partial charge in [-0.05, 0) is 30.0 Å². The van der Waals surface area contributed by atoms with Crippen LogP contribution in [0.25, 0.3) is 21.9 Å². The topological polar surface area (TPSA) is 52.0 Å². The Morgan fingerprint density at radius 1 is 1.41 bits per heavy atom. The first-order valence-corrected chi connectivity index (χ1v) is 6.31. The van der Waals surface area contributed by atoms with Crippen molar-refractivity contribution in [2.24, 2.45) is 0 Å². The number of nitrogens with two attached hydrogens (primary N) is 1. The molecular weight excluding hydrogens is 256 g/mol. The van der Waals surface area contributed by atoms with Crippen LogP contribution in [0.3, 0.4) is 0 Å². The molecule has 0 aliphatic heterocycles. The molecule has 3 rings (SSSR count). The third-order valence-corrected chi connectivity index (χ3v) is 3.98. The minimum absolute atomic E-state index is 0.531. The van der Waals surface area contributed by atoms with Crippen LogP contribution in [0, 0.1) is 6.92 Å². The van der Waals surface area contributed by atoms with E-state index in [1.54, 1.807) is 6.07 Å². The molecule has 3 nitrogen and oxygen atoms in total. The summed E-state index contributed by atoms with van der Waals surface area (Å²) in [5.74, 6) is 0.531. The van der Waals surface area contributed by atoms with Gasteiger partial charge in [-0.2, -0.15) is 0 Å². The molecule has 0 amide bonds. The molecule has 0 saturated carbocycles. The van der Waals surface area contributed by atoms with Gasteiger partial charge in [-0.1, -0.05) is 17.7 Å². The number of hydrogen-bond acceptors (Lipinski definition) is 4. The van der Waals surface area contributed by atoms with Gasteiger partial charge >= 0.3 is 0 Å². The molecule has 17 heavy (non-hydrogen) atoms. The number of nitrogens with zero attached hydrogens (tertiary/aromatic N) is 1. The van der Waals surface area contributed by atoms with Gasteiger partial charge in [0.25, 0.3) is 0 Å². The van der Waals surface area contributed by atoms with Crippen molar-refractivity contribution in [1.82, 2.24) is 4.98 Å². The van der Waals surface area contributed by atoms with Crippen molar-refractivity contribution in [2.45, 2.75) is 6.92 Å². The van der Waals surface area contributed by atoms with Crippen molar-refractivity contribution >= 4 is 39.7 Å². The second kappa shape index (κ2) is 3.75. The maximum atomic E-state index is 6.04. The van der Waals surface area contributed by atoms with Gasteiger partial charge in [0.05, 0.1) is 10.7 Å². The summed E-state index contributed by atoms with van der Waals surface area (Å²) in [6.07, 6.45) is 0. The van der Waals surface area contributed by atoms with Crippen molar-refractivity contribution in [1.29, 1.82) is 0 Å². The van der Waals surface area contributed by atoms with Crippen LogP contribution in [0.4, 0.5) is 5.69 Å². The molecule has 2 heterocycles. The summed E-state index contributed by atoms with van der Waals surface area (Å²) in [7, 11) is 0. The number of anilines is 1. The fourth-order valence-corrected chi connectivity index (χ4v) is 2.74. The van der Waals surface area contributed by atoms with E-state index in [9.17, 15) is 0 Å². The monoisotopic (exact) mass is 264 g/mol. The average molecular weight is 265 g/mol. The molecule has 5 heteroatoms. The Labute approximate surface area is 107 Å². The van der Waals surface area contributed by atoms with E-state index in [1.807, 2.05) is 24.4 Å². The van der Waals surface area contributed by atoms with Crippen LogP contribution in [-0.2, 0) is 0 Å². The van der Waals surface area contributed by atoms with Crippen LogP contribution < -0.4 is 5.73 Å². The number of aryl methyl sites for hydroxylation is 1. The van der Waals surface area contributed by atoms with E-state index in [0.29, 0.717) is 16.5 Å². The lowest BCUT2D eigenvalue weighted by Gasteiger charge is -1.93. The van der Waals surface area contributed by atoms with Gasteiger partial charge in [-0.25, -0.2) is 4.98 Å². The van der Waals surface area contributed by atoms with E-state index >= 15 is 0 Å². The Bertz CT molecular complexity index is 702. The van der Waals surface area contributed by atoms with Crippen LogP contribution >= 0.6 is 22.9 Å². The van der Waals surface area contributed by atoms with Crippen molar-refractivity contribution in [3.05, 3.63) is 34.2 Å². The number of rotatable bonds is 1. The molecule has 2 N–H and O–H groups in total. The number of nitrogen functional groups attached to an aromatic ring is 1. The lowest BCUT2D eigenvalue weighted by molar-refractivity contribution is 0.622. The first-order valence-electron chi connectivity index (χ1n) is 5.06. The van der Waals surface area contributed by atoms with Crippen molar-refractivity contribution < 1.29 is 4.42 Å². The second-order valence-electron chi connectivity index (χ2n) is 3.77. The lowest BCUT2D eigenvalue weighted by atomic mass is 10.3. The van der Waals surface area contributed by atoms with Gasteiger partial charge in [0.15, 0.2) is 5.58 Å². The van der Waals surface area contributed by atoms with E-state index in [2.05, 4.69) is 4.98 Å². The zero-order valence-corrected chi connectivity index (χ0v) is 10.6.